The monoisotopic (exact) mass is 290 g/mol. The number of nitrogens with zero attached hydrogens (tertiary/aromatic N) is 1. The summed E-state index contributed by atoms with van der Waals surface area (Å²) in [6, 6.07) is 18.2. The summed E-state index contributed by atoms with van der Waals surface area (Å²) < 4.78 is 0. The molecule has 0 bridgehead atoms. The molecule has 1 aromatic heterocycles. The first-order valence-electron chi connectivity index (χ1n) is 7.39. The topological polar surface area (TPSA) is 42.0 Å². The van der Waals surface area contributed by atoms with Gasteiger partial charge in [0.25, 0.3) is 0 Å². The van der Waals surface area contributed by atoms with Crippen LogP contribution in [0, 0.1) is 0 Å². The second-order valence-electron chi connectivity index (χ2n) is 5.43. The zero-order valence-electron chi connectivity index (χ0n) is 12.5. The number of nitrogens with one attached hydrogen (secondary N) is 1. The SMILES string of the molecule is CC(NC(=O)Cc1cccnc1)c1ccc2ccccc2c1. The van der Waals surface area contributed by atoms with E-state index in [4.69, 9.17) is 0 Å². The van der Waals surface area contributed by atoms with Crippen LogP contribution < -0.4 is 5.32 Å². The molecule has 0 fully saturated rings. The van der Waals surface area contributed by atoms with E-state index >= 15 is 0 Å². The van der Waals surface area contributed by atoms with Crippen molar-refractivity contribution in [3.63, 3.8) is 0 Å². The Kier molecular flexibility index (Phi) is 4.15. The van der Waals surface area contributed by atoms with Crippen molar-refractivity contribution in [2.24, 2.45) is 0 Å². The fourth-order valence-electron chi connectivity index (χ4n) is 2.54. The van der Waals surface area contributed by atoms with E-state index in [0.29, 0.717) is 6.42 Å². The van der Waals surface area contributed by atoms with Crippen LogP contribution >= 0.6 is 0 Å². The number of hydrogen-bond donors (Lipinski definition) is 1. The molecule has 0 spiro atoms. The van der Waals surface area contributed by atoms with E-state index < -0.39 is 0 Å². The highest BCUT2D eigenvalue weighted by molar-refractivity contribution is 5.83. The van der Waals surface area contributed by atoms with Gasteiger partial charge in [-0.1, -0.05) is 42.5 Å². The molecule has 1 unspecified atom stereocenters. The predicted molar refractivity (Wildman–Crippen MR) is 88.4 cm³/mol. The lowest BCUT2D eigenvalue weighted by Crippen LogP contribution is -2.28. The van der Waals surface area contributed by atoms with E-state index in [1.165, 1.54) is 10.8 Å². The molecule has 3 nitrogen and oxygen atoms in total. The maximum absolute atomic E-state index is 12.1. The number of hydrogen-bond acceptors (Lipinski definition) is 2. The summed E-state index contributed by atoms with van der Waals surface area (Å²) in [7, 11) is 0. The number of carbonyl (C=O) groups is 1. The molecular formula is C19H18N2O. The van der Waals surface area contributed by atoms with Crippen molar-refractivity contribution in [2.45, 2.75) is 19.4 Å². The largest absolute Gasteiger partial charge is 0.349 e. The molecule has 2 aromatic carbocycles. The third kappa shape index (κ3) is 3.31. The molecule has 0 saturated carbocycles. The van der Waals surface area contributed by atoms with Gasteiger partial charge in [-0.25, -0.2) is 0 Å². The minimum Gasteiger partial charge on any atom is -0.349 e. The quantitative estimate of drug-likeness (QED) is 0.797. The maximum atomic E-state index is 12.1. The standard InChI is InChI=1S/C19H18N2O/c1-14(21-19(22)11-15-5-4-10-20-13-15)17-9-8-16-6-2-3-7-18(16)12-17/h2-10,12-14H,11H2,1H3,(H,21,22). The Morgan fingerprint density at radius 1 is 1.09 bits per heavy atom. The molecule has 3 rings (SSSR count). The summed E-state index contributed by atoms with van der Waals surface area (Å²) in [5.74, 6) is 0.00802. The van der Waals surface area contributed by atoms with Crippen LogP contribution in [0.3, 0.4) is 0 Å². The van der Waals surface area contributed by atoms with E-state index in [-0.39, 0.29) is 11.9 Å². The average molecular weight is 290 g/mol. The van der Waals surface area contributed by atoms with Crippen molar-refractivity contribution in [1.29, 1.82) is 0 Å². The Hall–Kier alpha value is -2.68. The highest BCUT2D eigenvalue weighted by Gasteiger charge is 2.10. The molecule has 0 saturated heterocycles. The molecule has 1 heterocycles. The van der Waals surface area contributed by atoms with Crippen molar-refractivity contribution < 1.29 is 4.79 Å². The van der Waals surface area contributed by atoms with Crippen LogP contribution in [0.15, 0.2) is 67.0 Å². The van der Waals surface area contributed by atoms with Gasteiger partial charge in [0.2, 0.25) is 5.91 Å². The minimum atomic E-state index is -0.0197. The molecule has 0 aliphatic rings. The third-order valence-corrected chi connectivity index (χ3v) is 3.74. The zero-order chi connectivity index (χ0) is 15.4. The van der Waals surface area contributed by atoms with Crippen LogP contribution in [0.25, 0.3) is 10.8 Å². The third-order valence-electron chi connectivity index (χ3n) is 3.74. The Labute approximate surface area is 130 Å². The number of fused-ring (bicyclic) bond motifs is 1. The summed E-state index contributed by atoms with van der Waals surface area (Å²) in [4.78, 5) is 16.2. The van der Waals surface area contributed by atoms with Crippen molar-refractivity contribution in [3.8, 4) is 0 Å². The van der Waals surface area contributed by atoms with Crippen molar-refractivity contribution in [3.05, 3.63) is 78.1 Å². The summed E-state index contributed by atoms with van der Waals surface area (Å²) in [5.41, 5.74) is 2.03. The van der Waals surface area contributed by atoms with Gasteiger partial charge in [-0.3, -0.25) is 9.78 Å². The number of rotatable bonds is 4. The summed E-state index contributed by atoms with van der Waals surface area (Å²) in [6.07, 6.45) is 3.78. The lowest BCUT2D eigenvalue weighted by Gasteiger charge is -2.15. The molecule has 0 aliphatic carbocycles. The van der Waals surface area contributed by atoms with Gasteiger partial charge in [0.05, 0.1) is 12.5 Å². The Morgan fingerprint density at radius 3 is 2.68 bits per heavy atom. The van der Waals surface area contributed by atoms with Crippen LogP contribution in [-0.2, 0) is 11.2 Å². The second kappa shape index (κ2) is 6.39. The number of carbonyl (C=O) groups excluding carboxylic acids is 1. The van der Waals surface area contributed by atoms with Gasteiger partial charge < -0.3 is 5.32 Å². The first-order valence-corrected chi connectivity index (χ1v) is 7.39. The first kappa shape index (κ1) is 14.3. The molecular weight excluding hydrogens is 272 g/mol. The number of aromatic nitrogens is 1. The molecule has 22 heavy (non-hydrogen) atoms. The molecule has 3 heteroatoms. The van der Waals surface area contributed by atoms with Crippen LogP contribution in [0.4, 0.5) is 0 Å². The molecule has 3 aromatic rings. The van der Waals surface area contributed by atoms with E-state index in [0.717, 1.165) is 11.1 Å². The molecule has 1 atom stereocenters. The van der Waals surface area contributed by atoms with Gasteiger partial charge in [0.15, 0.2) is 0 Å². The molecule has 110 valence electrons. The normalized spacial score (nSPS) is 12.0. The summed E-state index contributed by atoms with van der Waals surface area (Å²) >= 11 is 0. The Morgan fingerprint density at radius 2 is 1.91 bits per heavy atom. The predicted octanol–water partition coefficient (Wildman–Crippen LogP) is 3.65. The van der Waals surface area contributed by atoms with E-state index in [1.807, 2.05) is 31.2 Å². The lowest BCUT2D eigenvalue weighted by molar-refractivity contribution is -0.121. The highest BCUT2D eigenvalue weighted by atomic mass is 16.1. The van der Waals surface area contributed by atoms with Gasteiger partial charge in [-0.2, -0.15) is 0 Å². The van der Waals surface area contributed by atoms with Crippen molar-refractivity contribution in [1.82, 2.24) is 10.3 Å². The van der Waals surface area contributed by atoms with E-state index in [1.54, 1.807) is 12.4 Å². The van der Waals surface area contributed by atoms with Gasteiger partial charge in [0.1, 0.15) is 0 Å². The number of pyridine rings is 1. The molecule has 0 radical (unpaired) electrons. The molecule has 1 amide bonds. The second-order valence-corrected chi connectivity index (χ2v) is 5.43. The maximum Gasteiger partial charge on any atom is 0.224 e. The molecule has 1 N–H and O–H groups in total. The van der Waals surface area contributed by atoms with Crippen molar-refractivity contribution in [2.75, 3.05) is 0 Å². The fourth-order valence-corrected chi connectivity index (χ4v) is 2.54. The van der Waals surface area contributed by atoms with Gasteiger partial charge in [0, 0.05) is 12.4 Å². The van der Waals surface area contributed by atoms with E-state index in [9.17, 15) is 4.79 Å². The van der Waals surface area contributed by atoms with Crippen molar-refractivity contribution >= 4 is 16.7 Å². The fraction of sp³-hybridized carbons (Fsp3) is 0.158. The molecule has 0 aliphatic heterocycles. The first-order chi connectivity index (χ1) is 10.7. The smallest absolute Gasteiger partial charge is 0.224 e. The van der Waals surface area contributed by atoms with Crippen LogP contribution in [-0.4, -0.2) is 10.9 Å². The lowest BCUT2D eigenvalue weighted by atomic mass is 10.0. The average Bonchev–Trinajstić information content (AvgIpc) is 2.55. The summed E-state index contributed by atoms with van der Waals surface area (Å²) in [6.45, 7) is 2.01. The van der Waals surface area contributed by atoms with Gasteiger partial charge in [-0.05, 0) is 41.0 Å². The highest BCUT2D eigenvalue weighted by Crippen LogP contribution is 2.20. The zero-order valence-corrected chi connectivity index (χ0v) is 12.5. The van der Waals surface area contributed by atoms with Gasteiger partial charge >= 0.3 is 0 Å². The van der Waals surface area contributed by atoms with E-state index in [2.05, 4.69) is 40.6 Å². The Balaban J connectivity index is 1.70. The van der Waals surface area contributed by atoms with Crippen LogP contribution in [0.2, 0.25) is 0 Å². The van der Waals surface area contributed by atoms with Crippen LogP contribution in [0.1, 0.15) is 24.1 Å². The number of benzene rings is 2. The summed E-state index contributed by atoms with van der Waals surface area (Å²) in [5, 5.41) is 5.44. The minimum absolute atomic E-state index is 0.00802. The van der Waals surface area contributed by atoms with Gasteiger partial charge in [-0.15, -0.1) is 0 Å². The Bertz CT molecular complexity index is 784. The van der Waals surface area contributed by atoms with Crippen LogP contribution in [0.5, 0.6) is 0 Å². The number of amides is 1.